The van der Waals surface area contributed by atoms with E-state index in [1.807, 2.05) is 12.1 Å². The van der Waals surface area contributed by atoms with Crippen molar-refractivity contribution in [1.82, 2.24) is 25.0 Å². The highest BCUT2D eigenvalue weighted by Crippen LogP contribution is 2.30. The molecular weight excluding hydrogens is 376 g/mol. The van der Waals surface area contributed by atoms with Gasteiger partial charge in [0, 0.05) is 30.1 Å². The van der Waals surface area contributed by atoms with Crippen molar-refractivity contribution in [2.75, 3.05) is 5.32 Å². The minimum atomic E-state index is -0.0373. The van der Waals surface area contributed by atoms with E-state index in [2.05, 4.69) is 31.7 Å². The largest absolute Gasteiger partial charge is 0.366 e. The molecule has 7 heteroatoms. The number of anilines is 1. The third kappa shape index (κ3) is 3.97. The molecule has 7 nitrogen and oxygen atoms in total. The van der Waals surface area contributed by atoms with Gasteiger partial charge in [0.2, 0.25) is 0 Å². The Morgan fingerprint density at radius 3 is 2.57 bits per heavy atom. The Morgan fingerprint density at radius 2 is 1.73 bits per heavy atom. The average Bonchev–Trinajstić information content (AvgIpc) is 2.80. The van der Waals surface area contributed by atoms with E-state index in [-0.39, 0.29) is 11.6 Å². The van der Waals surface area contributed by atoms with E-state index in [4.69, 9.17) is 0 Å². The summed E-state index contributed by atoms with van der Waals surface area (Å²) in [7, 11) is 0. The molecule has 3 aromatic heterocycles. The quantitative estimate of drug-likeness (QED) is 0.718. The highest BCUT2D eigenvalue weighted by molar-refractivity contribution is 5.57. The van der Waals surface area contributed by atoms with Gasteiger partial charge in [-0.3, -0.25) is 9.78 Å². The zero-order chi connectivity index (χ0) is 20.3. The molecule has 30 heavy (non-hydrogen) atoms. The molecule has 0 unspecified atom stereocenters. The number of nitrogens with zero attached hydrogens (tertiary/aromatic N) is 5. The molecule has 0 radical (unpaired) electrons. The fourth-order valence-corrected chi connectivity index (χ4v) is 4.60. The van der Waals surface area contributed by atoms with Crippen molar-refractivity contribution < 1.29 is 0 Å². The van der Waals surface area contributed by atoms with Crippen LogP contribution in [0.2, 0.25) is 0 Å². The van der Waals surface area contributed by atoms with Crippen LogP contribution in [0.5, 0.6) is 0 Å². The summed E-state index contributed by atoms with van der Waals surface area (Å²) in [6.45, 7) is 0. The van der Waals surface area contributed by atoms with Crippen LogP contribution in [0.3, 0.4) is 0 Å². The Bertz CT molecular complexity index is 1070. The summed E-state index contributed by atoms with van der Waals surface area (Å²) < 4.78 is 1.67. The van der Waals surface area contributed by atoms with Crippen molar-refractivity contribution in [2.24, 2.45) is 0 Å². The van der Waals surface area contributed by atoms with Crippen LogP contribution in [-0.2, 0) is 12.8 Å². The van der Waals surface area contributed by atoms with Crippen LogP contribution in [0.25, 0.3) is 11.3 Å². The molecule has 1 fully saturated rings. The lowest BCUT2D eigenvalue weighted by Crippen LogP contribution is -2.33. The number of hydrogen-bond donors (Lipinski definition) is 1. The van der Waals surface area contributed by atoms with Gasteiger partial charge in [0.25, 0.3) is 5.56 Å². The number of aryl methyl sites for hydroxylation is 2. The summed E-state index contributed by atoms with van der Waals surface area (Å²) in [5.74, 6) is 0.883. The summed E-state index contributed by atoms with van der Waals surface area (Å²) in [6, 6.07) is 9.90. The van der Waals surface area contributed by atoms with Crippen LogP contribution in [0, 0.1) is 0 Å². The van der Waals surface area contributed by atoms with Gasteiger partial charge in [-0.25, -0.2) is 4.68 Å². The van der Waals surface area contributed by atoms with E-state index < -0.39 is 0 Å². The molecule has 3 aromatic rings. The highest BCUT2D eigenvalue weighted by atomic mass is 16.1. The normalized spacial score (nSPS) is 21.1. The summed E-state index contributed by atoms with van der Waals surface area (Å²) in [4.78, 5) is 16.5. The molecule has 5 rings (SSSR count). The van der Waals surface area contributed by atoms with Crippen LogP contribution in [0.15, 0.2) is 47.5 Å². The van der Waals surface area contributed by atoms with Crippen molar-refractivity contribution >= 4 is 5.82 Å². The van der Waals surface area contributed by atoms with Crippen LogP contribution >= 0.6 is 0 Å². The Balaban J connectivity index is 1.26. The molecule has 0 aromatic carbocycles. The summed E-state index contributed by atoms with van der Waals surface area (Å²) in [6.07, 6.45) is 11.9. The molecule has 0 spiro atoms. The third-order valence-corrected chi connectivity index (χ3v) is 6.27. The third-order valence-electron chi connectivity index (χ3n) is 6.27. The van der Waals surface area contributed by atoms with Crippen LogP contribution < -0.4 is 10.9 Å². The standard InChI is InChI=1S/C23H26N6O/c30-23-10-9-21(16-11-13-24-14-12-16)28-29(23)19-7-5-18(6-8-19)25-22-15-17-3-1-2-4-20(17)26-27-22/h9-15,18-19H,1-8H2,(H,25,27). The zero-order valence-corrected chi connectivity index (χ0v) is 17.0. The fraction of sp³-hybridized carbons (Fsp3) is 0.435. The first-order valence-corrected chi connectivity index (χ1v) is 10.9. The molecule has 2 aliphatic carbocycles. The number of aromatic nitrogens is 5. The van der Waals surface area contributed by atoms with E-state index in [9.17, 15) is 4.79 Å². The van der Waals surface area contributed by atoms with Crippen LogP contribution in [0.4, 0.5) is 5.82 Å². The van der Waals surface area contributed by atoms with Crippen molar-refractivity contribution in [3.63, 3.8) is 0 Å². The van der Waals surface area contributed by atoms with Crippen LogP contribution in [0.1, 0.15) is 55.8 Å². The minimum absolute atomic E-state index is 0.0373. The fourth-order valence-electron chi connectivity index (χ4n) is 4.60. The predicted octanol–water partition coefficient (Wildman–Crippen LogP) is 3.57. The van der Waals surface area contributed by atoms with Gasteiger partial charge in [0.15, 0.2) is 0 Å². The maximum Gasteiger partial charge on any atom is 0.267 e. The van der Waals surface area contributed by atoms with E-state index >= 15 is 0 Å². The molecule has 1 saturated carbocycles. The minimum Gasteiger partial charge on any atom is -0.366 e. The molecule has 2 aliphatic rings. The second kappa shape index (κ2) is 8.34. The lowest BCUT2D eigenvalue weighted by atomic mass is 9.91. The smallest absolute Gasteiger partial charge is 0.267 e. The molecule has 0 saturated heterocycles. The first-order chi connectivity index (χ1) is 14.8. The second-order valence-corrected chi connectivity index (χ2v) is 8.30. The highest BCUT2D eigenvalue weighted by Gasteiger charge is 2.24. The van der Waals surface area contributed by atoms with Gasteiger partial charge in [-0.15, -0.1) is 5.10 Å². The molecule has 3 heterocycles. The Morgan fingerprint density at radius 1 is 0.933 bits per heavy atom. The van der Waals surface area contributed by atoms with E-state index in [1.165, 1.54) is 18.4 Å². The molecule has 0 aliphatic heterocycles. The Kier molecular flexibility index (Phi) is 5.26. The van der Waals surface area contributed by atoms with Gasteiger partial charge in [-0.2, -0.15) is 10.2 Å². The van der Waals surface area contributed by atoms with Gasteiger partial charge in [-0.05, 0) is 81.2 Å². The molecule has 0 bridgehead atoms. The van der Waals surface area contributed by atoms with Crippen molar-refractivity contribution in [1.29, 1.82) is 0 Å². The predicted molar refractivity (Wildman–Crippen MR) is 115 cm³/mol. The zero-order valence-electron chi connectivity index (χ0n) is 17.0. The molecule has 0 atom stereocenters. The summed E-state index contributed by atoms with van der Waals surface area (Å²) in [5, 5.41) is 17.0. The van der Waals surface area contributed by atoms with E-state index in [0.717, 1.165) is 61.3 Å². The number of nitrogens with one attached hydrogen (secondary N) is 1. The van der Waals surface area contributed by atoms with Crippen molar-refractivity contribution in [3.05, 3.63) is 64.3 Å². The maximum absolute atomic E-state index is 12.5. The van der Waals surface area contributed by atoms with Gasteiger partial charge < -0.3 is 5.32 Å². The first kappa shape index (κ1) is 18.9. The molecule has 0 amide bonds. The van der Waals surface area contributed by atoms with Gasteiger partial charge in [-0.1, -0.05) is 0 Å². The lowest BCUT2D eigenvalue weighted by molar-refractivity contribution is 0.304. The summed E-state index contributed by atoms with van der Waals surface area (Å²) >= 11 is 0. The van der Waals surface area contributed by atoms with Crippen molar-refractivity contribution in [3.8, 4) is 11.3 Å². The Hall–Kier alpha value is -3.09. The Labute approximate surface area is 175 Å². The number of fused-ring (bicyclic) bond motifs is 1. The van der Waals surface area contributed by atoms with Gasteiger partial charge in [0.1, 0.15) is 5.82 Å². The monoisotopic (exact) mass is 402 g/mol. The molecular formula is C23H26N6O. The first-order valence-electron chi connectivity index (χ1n) is 10.9. The summed E-state index contributed by atoms with van der Waals surface area (Å²) in [5.41, 5.74) is 4.25. The lowest BCUT2D eigenvalue weighted by Gasteiger charge is -2.30. The number of hydrogen-bond acceptors (Lipinski definition) is 6. The number of rotatable bonds is 4. The van der Waals surface area contributed by atoms with E-state index in [1.54, 1.807) is 29.2 Å². The van der Waals surface area contributed by atoms with Crippen molar-refractivity contribution in [2.45, 2.75) is 63.5 Å². The SMILES string of the molecule is O=c1ccc(-c2ccncc2)nn1C1CCC(Nc2cc3c(nn2)CCCC3)CC1. The van der Waals surface area contributed by atoms with Gasteiger partial charge in [0.05, 0.1) is 17.4 Å². The molecule has 1 N–H and O–H groups in total. The topological polar surface area (TPSA) is 85.6 Å². The van der Waals surface area contributed by atoms with Crippen LogP contribution in [-0.4, -0.2) is 31.0 Å². The molecule has 154 valence electrons. The van der Waals surface area contributed by atoms with Gasteiger partial charge >= 0.3 is 0 Å². The maximum atomic E-state index is 12.5. The second-order valence-electron chi connectivity index (χ2n) is 8.30. The average molecular weight is 403 g/mol. The van der Waals surface area contributed by atoms with E-state index in [0.29, 0.717) is 6.04 Å². The number of pyridine rings is 1.